The van der Waals surface area contributed by atoms with Crippen LogP contribution in [0.15, 0.2) is 96.1 Å². The number of para-hydroxylation sites is 2. The summed E-state index contributed by atoms with van der Waals surface area (Å²) in [7, 11) is 0. The number of hydrogen-bond donors (Lipinski definition) is 3. The van der Waals surface area contributed by atoms with Crippen LogP contribution < -0.4 is 10.3 Å². The number of phenolic OH excluding ortho intramolecular Hbond substituents is 1. The Labute approximate surface area is 220 Å². The summed E-state index contributed by atoms with van der Waals surface area (Å²) >= 11 is 0. The molecule has 1 amide bonds. The second kappa shape index (κ2) is 10.6. The molecular weight excluding hydrogens is 478 g/mol. The average molecular weight is 506 g/mol. The van der Waals surface area contributed by atoms with Crippen LogP contribution in [0, 0.1) is 0 Å². The van der Waals surface area contributed by atoms with Gasteiger partial charge in [-0.2, -0.15) is 5.10 Å². The number of rotatable bonds is 8. The van der Waals surface area contributed by atoms with Gasteiger partial charge < -0.3 is 10.2 Å². The molecule has 1 aliphatic rings. The first-order valence-electron chi connectivity index (χ1n) is 12.5. The van der Waals surface area contributed by atoms with Crippen molar-refractivity contribution in [3.05, 3.63) is 108 Å². The number of fused-ring (bicyclic) bond motifs is 1. The van der Waals surface area contributed by atoms with Gasteiger partial charge in [0.05, 0.1) is 16.9 Å². The molecule has 0 saturated carbocycles. The second-order valence-corrected chi connectivity index (χ2v) is 9.09. The first-order valence-corrected chi connectivity index (χ1v) is 12.5. The SMILES string of the molecule is CCCCc1ccc(N2C(=O)C(=NNc3cccc(-c4cccc(C(=O)O)c4)c3O)c3ccccc32)cc1. The van der Waals surface area contributed by atoms with Crippen LogP contribution >= 0.6 is 0 Å². The molecular formula is C31H27N3O4. The Morgan fingerprint density at radius 3 is 2.42 bits per heavy atom. The number of hydrogen-bond acceptors (Lipinski definition) is 5. The van der Waals surface area contributed by atoms with Crippen molar-refractivity contribution in [2.45, 2.75) is 26.2 Å². The highest BCUT2D eigenvalue weighted by Crippen LogP contribution is 2.38. The molecule has 0 atom stereocenters. The number of anilines is 3. The third kappa shape index (κ3) is 4.74. The van der Waals surface area contributed by atoms with Gasteiger partial charge in [0, 0.05) is 16.8 Å². The fourth-order valence-electron chi connectivity index (χ4n) is 4.56. The fraction of sp³-hybridized carbons (Fsp3) is 0.129. The number of nitrogens with one attached hydrogen (secondary N) is 1. The highest BCUT2D eigenvalue weighted by atomic mass is 16.4. The van der Waals surface area contributed by atoms with E-state index in [1.54, 1.807) is 35.2 Å². The number of unbranched alkanes of at least 4 members (excludes halogenated alkanes) is 1. The van der Waals surface area contributed by atoms with Gasteiger partial charge in [0.2, 0.25) is 0 Å². The smallest absolute Gasteiger partial charge is 0.335 e. The van der Waals surface area contributed by atoms with E-state index in [1.165, 1.54) is 17.7 Å². The van der Waals surface area contributed by atoms with Gasteiger partial charge in [-0.25, -0.2) is 4.79 Å². The van der Waals surface area contributed by atoms with Gasteiger partial charge in [0.1, 0.15) is 5.75 Å². The van der Waals surface area contributed by atoms with Crippen molar-refractivity contribution in [3.8, 4) is 16.9 Å². The molecule has 190 valence electrons. The Morgan fingerprint density at radius 2 is 1.66 bits per heavy atom. The molecule has 0 spiro atoms. The van der Waals surface area contributed by atoms with Crippen molar-refractivity contribution >= 4 is 34.7 Å². The molecule has 0 unspecified atom stereocenters. The maximum absolute atomic E-state index is 13.6. The average Bonchev–Trinajstić information content (AvgIpc) is 3.22. The summed E-state index contributed by atoms with van der Waals surface area (Å²) in [6, 6.07) is 26.9. The standard InChI is InChI=1S/C31H27N3O4/c1-2-3-8-20-15-17-23(18-16-20)34-27-14-5-4-11-25(27)28(30(34)36)33-32-26-13-7-12-24(29(26)35)21-9-6-10-22(19-21)31(37)38/h4-7,9-19,32,35H,2-3,8H2,1H3,(H,37,38). The minimum absolute atomic E-state index is 0.0994. The first kappa shape index (κ1) is 24.8. The summed E-state index contributed by atoms with van der Waals surface area (Å²) in [6.07, 6.45) is 3.24. The molecule has 0 aromatic heterocycles. The van der Waals surface area contributed by atoms with Gasteiger partial charge in [-0.3, -0.25) is 15.1 Å². The third-order valence-corrected chi connectivity index (χ3v) is 6.56. The van der Waals surface area contributed by atoms with Crippen LogP contribution in [0.2, 0.25) is 0 Å². The van der Waals surface area contributed by atoms with E-state index < -0.39 is 5.97 Å². The minimum atomic E-state index is -1.05. The van der Waals surface area contributed by atoms with Crippen LogP contribution in [0.5, 0.6) is 5.75 Å². The molecule has 1 aliphatic heterocycles. The molecule has 0 radical (unpaired) electrons. The van der Waals surface area contributed by atoms with Gasteiger partial charge in [-0.05, 0) is 60.4 Å². The van der Waals surface area contributed by atoms with Crippen LogP contribution in [-0.4, -0.2) is 27.8 Å². The van der Waals surface area contributed by atoms with E-state index in [9.17, 15) is 19.8 Å². The number of carbonyl (C=O) groups is 2. The topological polar surface area (TPSA) is 102 Å². The summed E-state index contributed by atoms with van der Waals surface area (Å²) in [5.41, 5.74) is 7.90. The number of aromatic carboxylic acids is 1. The van der Waals surface area contributed by atoms with Gasteiger partial charge >= 0.3 is 5.97 Å². The highest BCUT2D eigenvalue weighted by Gasteiger charge is 2.35. The van der Waals surface area contributed by atoms with Crippen LogP contribution in [0.3, 0.4) is 0 Å². The van der Waals surface area contributed by atoms with Crippen molar-refractivity contribution in [1.82, 2.24) is 0 Å². The molecule has 0 aliphatic carbocycles. The monoisotopic (exact) mass is 505 g/mol. The third-order valence-electron chi connectivity index (χ3n) is 6.56. The summed E-state index contributed by atoms with van der Waals surface area (Å²) in [5.74, 6) is -1.42. The lowest BCUT2D eigenvalue weighted by atomic mass is 10.0. The highest BCUT2D eigenvalue weighted by molar-refractivity contribution is 6.55. The van der Waals surface area contributed by atoms with Crippen LogP contribution in [0.25, 0.3) is 11.1 Å². The Hall–Kier alpha value is -4.91. The zero-order valence-corrected chi connectivity index (χ0v) is 20.9. The molecule has 7 heteroatoms. The van der Waals surface area contributed by atoms with E-state index in [0.29, 0.717) is 22.4 Å². The van der Waals surface area contributed by atoms with Gasteiger partial charge in [-0.1, -0.05) is 67.9 Å². The van der Waals surface area contributed by atoms with E-state index >= 15 is 0 Å². The van der Waals surface area contributed by atoms with Crippen LogP contribution in [0.4, 0.5) is 17.1 Å². The van der Waals surface area contributed by atoms with E-state index in [-0.39, 0.29) is 22.9 Å². The van der Waals surface area contributed by atoms with Gasteiger partial charge in [0.15, 0.2) is 5.71 Å². The largest absolute Gasteiger partial charge is 0.505 e. The lowest BCUT2D eigenvalue weighted by Crippen LogP contribution is -2.26. The van der Waals surface area contributed by atoms with Crippen LogP contribution in [0.1, 0.15) is 41.3 Å². The zero-order valence-electron chi connectivity index (χ0n) is 20.9. The molecule has 0 saturated heterocycles. The lowest BCUT2D eigenvalue weighted by Gasteiger charge is -2.17. The molecule has 5 rings (SSSR count). The number of carboxylic acids is 1. The van der Waals surface area contributed by atoms with Crippen molar-refractivity contribution in [2.75, 3.05) is 10.3 Å². The predicted octanol–water partition coefficient (Wildman–Crippen LogP) is 6.59. The Morgan fingerprint density at radius 1 is 0.921 bits per heavy atom. The van der Waals surface area contributed by atoms with Crippen molar-refractivity contribution in [2.24, 2.45) is 5.10 Å². The van der Waals surface area contributed by atoms with Gasteiger partial charge in [-0.15, -0.1) is 0 Å². The maximum atomic E-state index is 13.6. The summed E-state index contributed by atoms with van der Waals surface area (Å²) < 4.78 is 0. The number of aryl methyl sites for hydroxylation is 1. The zero-order chi connectivity index (χ0) is 26.6. The second-order valence-electron chi connectivity index (χ2n) is 9.09. The summed E-state index contributed by atoms with van der Waals surface area (Å²) in [5, 5.41) is 24.7. The number of aromatic hydroxyl groups is 1. The normalized spacial score (nSPS) is 13.6. The number of carboxylic acid groups (broad SMARTS) is 1. The molecule has 7 nitrogen and oxygen atoms in total. The molecule has 0 fully saturated rings. The molecule has 1 heterocycles. The predicted molar refractivity (Wildman–Crippen MR) is 149 cm³/mol. The van der Waals surface area contributed by atoms with E-state index in [4.69, 9.17) is 0 Å². The number of hydrazone groups is 1. The molecule has 4 aromatic carbocycles. The Balaban J connectivity index is 1.45. The van der Waals surface area contributed by atoms with E-state index in [0.717, 1.165) is 30.6 Å². The summed E-state index contributed by atoms with van der Waals surface area (Å²) in [4.78, 5) is 26.6. The minimum Gasteiger partial charge on any atom is -0.505 e. The van der Waals surface area contributed by atoms with Crippen LogP contribution in [-0.2, 0) is 11.2 Å². The number of amides is 1. The molecule has 3 N–H and O–H groups in total. The van der Waals surface area contributed by atoms with Crippen molar-refractivity contribution < 1.29 is 19.8 Å². The van der Waals surface area contributed by atoms with E-state index in [2.05, 4.69) is 29.6 Å². The lowest BCUT2D eigenvalue weighted by molar-refractivity contribution is -0.111. The fourth-order valence-corrected chi connectivity index (χ4v) is 4.56. The molecule has 38 heavy (non-hydrogen) atoms. The number of benzene rings is 4. The summed E-state index contributed by atoms with van der Waals surface area (Å²) in [6.45, 7) is 2.16. The number of nitrogens with zero attached hydrogens (tertiary/aromatic N) is 2. The molecule has 0 bridgehead atoms. The van der Waals surface area contributed by atoms with Crippen molar-refractivity contribution in [3.63, 3.8) is 0 Å². The number of phenols is 1. The quantitative estimate of drug-likeness (QED) is 0.185. The van der Waals surface area contributed by atoms with E-state index in [1.807, 2.05) is 36.4 Å². The Kier molecular flexibility index (Phi) is 6.91. The van der Waals surface area contributed by atoms with Crippen molar-refractivity contribution in [1.29, 1.82) is 0 Å². The molecule has 4 aromatic rings. The Bertz CT molecular complexity index is 1540. The van der Waals surface area contributed by atoms with Gasteiger partial charge in [0.25, 0.3) is 5.91 Å². The first-order chi connectivity index (χ1) is 18.5. The number of carbonyl (C=O) groups excluding carboxylic acids is 1. The maximum Gasteiger partial charge on any atom is 0.335 e.